The maximum Gasteiger partial charge on any atom is 0.249 e. The summed E-state index contributed by atoms with van der Waals surface area (Å²) in [7, 11) is -4.97. The summed E-state index contributed by atoms with van der Waals surface area (Å²) in [5, 5.41) is 0.398. The summed E-state index contributed by atoms with van der Waals surface area (Å²) >= 11 is 5.75. The third kappa shape index (κ3) is 3.30. The molecule has 0 amide bonds. The molecule has 3 rings (SSSR count). The predicted molar refractivity (Wildman–Crippen MR) is 83.4 cm³/mol. The van der Waals surface area contributed by atoms with E-state index in [9.17, 15) is 30.4 Å². The topological polar surface area (TPSA) is 37.4 Å². The lowest BCUT2D eigenvalue weighted by Crippen LogP contribution is -2.34. The van der Waals surface area contributed by atoms with Crippen molar-refractivity contribution in [3.05, 3.63) is 63.9 Å². The molecule has 140 valence electrons. The Balaban J connectivity index is 2.09. The molecular weight excluding hydrogens is 401 g/mol. The molecule has 0 aliphatic heterocycles. The highest BCUT2D eigenvalue weighted by Crippen LogP contribution is 2.36. The van der Waals surface area contributed by atoms with Crippen molar-refractivity contribution in [2.75, 3.05) is 0 Å². The van der Waals surface area contributed by atoms with E-state index in [4.69, 9.17) is 11.6 Å². The van der Waals surface area contributed by atoms with E-state index < -0.39 is 50.0 Å². The second-order valence-electron chi connectivity index (χ2n) is 5.81. The van der Waals surface area contributed by atoms with Crippen LogP contribution in [0.5, 0.6) is 0 Å². The first-order chi connectivity index (χ1) is 12.1. The molecule has 2 aromatic rings. The minimum atomic E-state index is -4.97. The smallest absolute Gasteiger partial charge is 0.207 e. The van der Waals surface area contributed by atoms with E-state index >= 15 is 0 Å². The summed E-state index contributed by atoms with van der Waals surface area (Å²) in [6, 6.07) is 5.42. The average molecular weight is 412 g/mol. The molecule has 0 spiro atoms. The summed E-state index contributed by atoms with van der Waals surface area (Å²) in [5.74, 6) is -11.8. The van der Waals surface area contributed by atoms with Crippen LogP contribution < -0.4 is 0 Å². The summed E-state index contributed by atoms with van der Waals surface area (Å²) in [4.78, 5) is -1.84. The number of nitrogens with zero attached hydrogens (tertiary/aromatic N) is 1. The van der Waals surface area contributed by atoms with Gasteiger partial charge >= 0.3 is 0 Å². The number of hydrogen-bond donors (Lipinski definition) is 0. The number of halogens is 6. The van der Waals surface area contributed by atoms with Crippen LogP contribution in [-0.2, 0) is 16.6 Å². The monoisotopic (exact) mass is 411 g/mol. The number of benzene rings is 2. The van der Waals surface area contributed by atoms with E-state index in [0.717, 1.165) is 4.31 Å². The summed E-state index contributed by atoms with van der Waals surface area (Å²) < 4.78 is 94.2. The zero-order valence-corrected chi connectivity index (χ0v) is 14.5. The molecule has 0 radical (unpaired) electrons. The van der Waals surface area contributed by atoms with Crippen molar-refractivity contribution in [1.82, 2.24) is 4.31 Å². The number of hydrogen-bond acceptors (Lipinski definition) is 2. The molecule has 0 heterocycles. The summed E-state index contributed by atoms with van der Waals surface area (Å²) in [6.07, 6.45) is 0.838. The molecule has 0 unspecified atom stereocenters. The number of sulfonamides is 1. The van der Waals surface area contributed by atoms with Crippen LogP contribution in [-0.4, -0.2) is 18.8 Å². The van der Waals surface area contributed by atoms with Gasteiger partial charge in [0.05, 0.1) is 0 Å². The molecule has 26 heavy (non-hydrogen) atoms. The molecular formula is C16H11ClF5NO2S. The van der Waals surface area contributed by atoms with Crippen LogP contribution in [0.25, 0.3) is 0 Å². The molecule has 3 nitrogen and oxygen atoms in total. The lowest BCUT2D eigenvalue weighted by molar-refractivity contribution is 0.346. The van der Waals surface area contributed by atoms with Gasteiger partial charge in [-0.2, -0.15) is 4.31 Å². The lowest BCUT2D eigenvalue weighted by atomic mass is 10.2. The Bertz CT molecular complexity index is 933. The normalized spacial score (nSPS) is 14.9. The van der Waals surface area contributed by atoms with Crippen LogP contribution in [0, 0.1) is 29.1 Å². The van der Waals surface area contributed by atoms with Gasteiger partial charge < -0.3 is 0 Å². The predicted octanol–water partition coefficient (Wildman–Crippen LogP) is 4.39. The van der Waals surface area contributed by atoms with Gasteiger partial charge in [0.2, 0.25) is 15.8 Å². The van der Waals surface area contributed by atoms with Crippen LogP contribution in [0.2, 0.25) is 5.02 Å². The Morgan fingerprint density at radius 1 is 0.885 bits per heavy atom. The Morgan fingerprint density at radius 3 is 1.81 bits per heavy atom. The van der Waals surface area contributed by atoms with Gasteiger partial charge in [-0.15, -0.1) is 0 Å². The molecule has 1 aliphatic carbocycles. The van der Waals surface area contributed by atoms with Crippen LogP contribution >= 0.6 is 11.6 Å². The third-order valence-corrected chi connectivity index (χ3v) is 6.11. The molecule has 0 aromatic heterocycles. The fourth-order valence-electron chi connectivity index (χ4n) is 2.47. The Labute approximate surface area is 151 Å². The van der Waals surface area contributed by atoms with E-state index in [-0.39, 0.29) is 6.54 Å². The first-order valence-electron chi connectivity index (χ1n) is 7.42. The van der Waals surface area contributed by atoms with Gasteiger partial charge in [-0.25, -0.2) is 30.4 Å². The van der Waals surface area contributed by atoms with Gasteiger partial charge in [0.15, 0.2) is 28.2 Å². The maximum atomic E-state index is 14.0. The second kappa shape index (κ2) is 6.79. The first-order valence-corrected chi connectivity index (χ1v) is 9.24. The molecule has 0 atom stereocenters. The van der Waals surface area contributed by atoms with E-state index in [1.165, 1.54) is 24.3 Å². The van der Waals surface area contributed by atoms with Crippen LogP contribution in [0.15, 0.2) is 29.2 Å². The van der Waals surface area contributed by atoms with Crippen molar-refractivity contribution in [3.8, 4) is 0 Å². The summed E-state index contributed by atoms with van der Waals surface area (Å²) in [5.41, 5.74) is 0.453. The minimum Gasteiger partial charge on any atom is -0.207 e. The van der Waals surface area contributed by atoms with E-state index in [1.54, 1.807) is 0 Å². The first kappa shape index (κ1) is 19.1. The van der Waals surface area contributed by atoms with Gasteiger partial charge in [-0.1, -0.05) is 23.7 Å². The van der Waals surface area contributed by atoms with Crippen LogP contribution in [0.4, 0.5) is 22.0 Å². The quantitative estimate of drug-likeness (QED) is 0.416. The van der Waals surface area contributed by atoms with E-state index in [0.29, 0.717) is 23.4 Å². The second-order valence-corrected chi connectivity index (χ2v) is 8.07. The van der Waals surface area contributed by atoms with E-state index in [1.807, 2.05) is 0 Å². The molecule has 0 bridgehead atoms. The molecule has 1 aliphatic rings. The van der Waals surface area contributed by atoms with Crippen LogP contribution in [0.3, 0.4) is 0 Å². The molecule has 0 N–H and O–H groups in total. The highest BCUT2D eigenvalue weighted by molar-refractivity contribution is 7.89. The standard InChI is InChI=1S/C16H11ClF5NO2S/c17-9-3-1-8(2-4-9)7-23(10-5-6-10)26(24,25)16-14(21)12(19)11(18)13(20)15(16)22/h1-4,10H,5-7H2. The highest BCUT2D eigenvalue weighted by atomic mass is 35.5. The lowest BCUT2D eigenvalue weighted by Gasteiger charge is -2.23. The zero-order chi connectivity index (χ0) is 19.2. The Hall–Kier alpha value is -1.71. The number of rotatable bonds is 5. The zero-order valence-electron chi connectivity index (χ0n) is 12.9. The van der Waals surface area contributed by atoms with Crippen molar-refractivity contribution in [3.63, 3.8) is 0 Å². The van der Waals surface area contributed by atoms with Crippen molar-refractivity contribution < 1.29 is 30.4 Å². The van der Waals surface area contributed by atoms with Gasteiger partial charge in [0.25, 0.3) is 0 Å². The average Bonchev–Trinajstić information content (AvgIpc) is 3.42. The molecule has 1 fully saturated rings. The van der Waals surface area contributed by atoms with Crippen molar-refractivity contribution in [1.29, 1.82) is 0 Å². The van der Waals surface area contributed by atoms with Crippen LogP contribution in [0.1, 0.15) is 18.4 Å². The molecule has 0 saturated heterocycles. The molecule has 2 aromatic carbocycles. The largest absolute Gasteiger partial charge is 0.249 e. The van der Waals surface area contributed by atoms with Crippen molar-refractivity contribution in [2.45, 2.75) is 30.3 Å². The highest BCUT2D eigenvalue weighted by Gasteiger charge is 2.43. The minimum absolute atomic E-state index is 0.288. The van der Waals surface area contributed by atoms with E-state index in [2.05, 4.69) is 0 Å². The van der Waals surface area contributed by atoms with Gasteiger partial charge in [-0.05, 0) is 30.5 Å². The fraction of sp³-hybridized carbons (Fsp3) is 0.250. The molecule has 1 saturated carbocycles. The molecule has 10 heteroatoms. The Morgan fingerprint density at radius 2 is 1.35 bits per heavy atom. The summed E-state index contributed by atoms with van der Waals surface area (Å²) in [6.45, 7) is -0.288. The fourth-order valence-corrected chi connectivity index (χ4v) is 4.39. The van der Waals surface area contributed by atoms with Gasteiger partial charge in [0.1, 0.15) is 0 Å². The SMILES string of the molecule is O=S(=O)(c1c(F)c(F)c(F)c(F)c1F)N(Cc1ccc(Cl)cc1)C1CC1. The third-order valence-electron chi connectivity index (χ3n) is 3.94. The van der Waals surface area contributed by atoms with Gasteiger partial charge in [0, 0.05) is 17.6 Å². The van der Waals surface area contributed by atoms with Gasteiger partial charge in [-0.3, -0.25) is 0 Å². The Kier molecular flexibility index (Phi) is 4.98. The maximum absolute atomic E-state index is 14.0. The van der Waals surface area contributed by atoms with Crippen molar-refractivity contribution in [2.24, 2.45) is 0 Å². The van der Waals surface area contributed by atoms with Crippen molar-refractivity contribution >= 4 is 21.6 Å².